The van der Waals surface area contributed by atoms with Crippen LogP contribution in [-0.4, -0.2) is 6.23 Å². The van der Waals surface area contributed by atoms with E-state index in [0.29, 0.717) is 11.8 Å². The van der Waals surface area contributed by atoms with Gasteiger partial charge in [-0.25, -0.2) is 0 Å². The van der Waals surface area contributed by atoms with Crippen LogP contribution in [0.1, 0.15) is 27.7 Å². The molecule has 0 saturated carbocycles. The van der Waals surface area contributed by atoms with Crippen LogP contribution < -0.4 is 5.32 Å². The van der Waals surface area contributed by atoms with E-state index in [1.54, 1.807) is 0 Å². The van der Waals surface area contributed by atoms with Crippen molar-refractivity contribution >= 4 is 0 Å². The Balaban J connectivity index is 2.43. The van der Waals surface area contributed by atoms with Crippen molar-refractivity contribution < 1.29 is 4.74 Å². The molecule has 1 N–H and O–H groups in total. The zero-order valence-electron chi connectivity index (χ0n) is 7.72. The quantitative estimate of drug-likeness (QED) is 0.659. The molecule has 1 heterocycles. The summed E-state index contributed by atoms with van der Waals surface area (Å²) >= 11 is 0. The topological polar surface area (TPSA) is 21.3 Å². The number of hydrogen-bond acceptors (Lipinski definition) is 2. The summed E-state index contributed by atoms with van der Waals surface area (Å²) in [6.07, 6.45) is 2.17. The number of rotatable bonds is 2. The Hall–Kier alpha value is -0.660. The molecule has 64 valence electrons. The molecule has 0 amide bonds. The molecule has 11 heavy (non-hydrogen) atoms. The maximum absolute atomic E-state index is 5.63. The maximum Gasteiger partial charge on any atom is 0.171 e. The molecule has 1 rings (SSSR count). The van der Waals surface area contributed by atoms with Crippen LogP contribution in [0.5, 0.6) is 0 Å². The van der Waals surface area contributed by atoms with Gasteiger partial charge in [-0.3, -0.25) is 0 Å². The largest absolute Gasteiger partial charge is 0.473 e. The van der Waals surface area contributed by atoms with E-state index in [-0.39, 0.29) is 6.23 Å². The Morgan fingerprint density at radius 1 is 1.36 bits per heavy atom. The van der Waals surface area contributed by atoms with Crippen molar-refractivity contribution in [3.05, 3.63) is 12.0 Å². The third-order valence-electron chi connectivity index (χ3n) is 1.83. The van der Waals surface area contributed by atoms with Gasteiger partial charge in [0, 0.05) is 18.0 Å². The van der Waals surface area contributed by atoms with E-state index in [0.717, 1.165) is 5.76 Å². The summed E-state index contributed by atoms with van der Waals surface area (Å²) in [6.45, 7) is 8.57. The highest BCUT2D eigenvalue weighted by molar-refractivity contribution is 5.01. The summed E-state index contributed by atoms with van der Waals surface area (Å²) in [6, 6.07) is 0. The molecule has 1 unspecified atom stereocenters. The second-order valence-electron chi connectivity index (χ2n) is 3.65. The number of allylic oxidation sites excluding steroid dienone is 1. The van der Waals surface area contributed by atoms with Crippen LogP contribution >= 0.6 is 0 Å². The summed E-state index contributed by atoms with van der Waals surface area (Å²) in [5.74, 6) is 2.09. The number of ether oxygens (including phenoxy) is 1. The molecule has 0 fully saturated rings. The van der Waals surface area contributed by atoms with E-state index < -0.39 is 0 Å². The van der Waals surface area contributed by atoms with Crippen molar-refractivity contribution in [3.8, 4) is 0 Å². The normalized spacial score (nSPS) is 23.5. The molecule has 0 aliphatic carbocycles. The van der Waals surface area contributed by atoms with E-state index >= 15 is 0 Å². The average molecular weight is 155 g/mol. The standard InChI is InChI=1S/C9H17NO/c1-6(2)8-5-10-9(11-8)7(3)4/h5-7,9-10H,1-4H3. The van der Waals surface area contributed by atoms with Gasteiger partial charge in [0.25, 0.3) is 0 Å². The molecule has 0 radical (unpaired) electrons. The van der Waals surface area contributed by atoms with Crippen LogP contribution in [0.25, 0.3) is 0 Å². The molecule has 1 atom stereocenters. The van der Waals surface area contributed by atoms with Crippen LogP contribution in [-0.2, 0) is 4.74 Å². The second kappa shape index (κ2) is 3.16. The number of nitrogens with one attached hydrogen (secondary N) is 1. The van der Waals surface area contributed by atoms with Gasteiger partial charge in [0.15, 0.2) is 6.23 Å². The minimum Gasteiger partial charge on any atom is -0.473 e. The Morgan fingerprint density at radius 2 is 2.00 bits per heavy atom. The minimum absolute atomic E-state index is 0.187. The van der Waals surface area contributed by atoms with Gasteiger partial charge in [-0.1, -0.05) is 27.7 Å². The maximum atomic E-state index is 5.63. The zero-order chi connectivity index (χ0) is 8.43. The fourth-order valence-electron chi connectivity index (χ4n) is 1.01. The highest BCUT2D eigenvalue weighted by Gasteiger charge is 2.21. The molecule has 2 heteroatoms. The zero-order valence-corrected chi connectivity index (χ0v) is 7.72. The Kier molecular flexibility index (Phi) is 2.42. The SMILES string of the molecule is CC(C)C1=CNC(C(C)C)O1. The van der Waals surface area contributed by atoms with Crippen LogP contribution in [0, 0.1) is 11.8 Å². The van der Waals surface area contributed by atoms with Crippen molar-refractivity contribution in [2.75, 3.05) is 0 Å². The lowest BCUT2D eigenvalue weighted by molar-refractivity contribution is 0.0735. The van der Waals surface area contributed by atoms with Gasteiger partial charge >= 0.3 is 0 Å². The molecule has 0 saturated heterocycles. The highest BCUT2D eigenvalue weighted by Crippen LogP contribution is 2.20. The van der Waals surface area contributed by atoms with Crippen molar-refractivity contribution in [3.63, 3.8) is 0 Å². The van der Waals surface area contributed by atoms with Crippen molar-refractivity contribution in [2.45, 2.75) is 33.9 Å². The summed E-state index contributed by atoms with van der Waals surface area (Å²) < 4.78 is 5.63. The Bertz CT molecular complexity index is 161. The lowest BCUT2D eigenvalue weighted by Gasteiger charge is -2.17. The molecule has 1 aliphatic heterocycles. The second-order valence-corrected chi connectivity index (χ2v) is 3.65. The summed E-state index contributed by atoms with van der Waals surface area (Å²) in [5.41, 5.74) is 0. The fourth-order valence-corrected chi connectivity index (χ4v) is 1.01. The van der Waals surface area contributed by atoms with Gasteiger partial charge in [-0.15, -0.1) is 0 Å². The van der Waals surface area contributed by atoms with E-state index in [4.69, 9.17) is 4.74 Å². The third-order valence-corrected chi connectivity index (χ3v) is 1.83. The average Bonchev–Trinajstić information content (AvgIpc) is 2.33. The molecular weight excluding hydrogens is 138 g/mol. The first kappa shape index (κ1) is 8.44. The van der Waals surface area contributed by atoms with Crippen LogP contribution in [0.3, 0.4) is 0 Å². The molecule has 0 aromatic heterocycles. The van der Waals surface area contributed by atoms with E-state index in [1.807, 2.05) is 6.20 Å². The summed E-state index contributed by atoms with van der Waals surface area (Å²) in [4.78, 5) is 0. The van der Waals surface area contributed by atoms with Gasteiger partial charge < -0.3 is 10.1 Å². The summed E-state index contributed by atoms with van der Waals surface area (Å²) in [5, 5.41) is 3.20. The summed E-state index contributed by atoms with van der Waals surface area (Å²) in [7, 11) is 0. The van der Waals surface area contributed by atoms with Crippen molar-refractivity contribution in [1.82, 2.24) is 5.32 Å². The van der Waals surface area contributed by atoms with E-state index in [2.05, 4.69) is 33.0 Å². The number of hydrogen-bond donors (Lipinski definition) is 1. The van der Waals surface area contributed by atoms with Crippen LogP contribution in [0.4, 0.5) is 0 Å². The van der Waals surface area contributed by atoms with E-state index in [1.165, 1.54) is 0 Å². The fraction of sp³-hybridized carbons (Fsp3) is 0.778. The smallest absolute Gasteiger partial charge is 0.171 e. The van der Waals surface area contributed by atoms with Gasteiger partial charge in [0.2, 0.25) is 0 Å². The molecule has 0 spiro atoms. The molecule has 1 aliphatic rings. The lowest BCUT2D eigenvalue weighted by atomic mass is 10.2. The Morgan fingerprint density at radius 3 is 2.27 bits per heavy atom. The van der Waals surface area contributed by atoms with Crippen LogP contribution in [0.15, 0.2) is 12.0 Å². The van der Waals surface area contributed by atoms with Gasteiger partial charge in [0.1, 0.15) is 5.76 Å². The third kappa shape index (κ3) is 1.88. The first-order chi connectivity index (χ1) is 5.11. The molecule has 0 aromatic rings. The van der Waals surface area contributed by atoms with Crippen molar-refractivity contribution in [1.29, 1.82) is 0 Å². The highest BCUT2D eigenvalue weighted by atomic mass is 16.5. The van der Waals surface area contributed by atoms with Crippen molar-refractivity contribution in [2.24, 2.45) is 11.8 Å². The van der Waals surface area contributed by atoms with E-state index in [9.17, 15) is 0 Å². The Labute approximate surface area is 68.6 Å². The van der Waals surface area contributed by atoms with Gasteiger partial charge in [-0.2, -0.15) is 0 Å². The molecule has 0 aromatic carbocycles. The molecule has 0 bridgehead atoms. The van der Waals surface area contributed by atoms with Gasteiger partial charge in [0.05, 0.1) is 0 Å². The van der Waals surface area contributed by atoms with Crippen LogP contribution in [0.2, 0.25) is 0 Å². The molecular formula is C9H17NO. The lowest BCUT2D eigenvalue weighted by Crippen LogP contribution is -2.27. The first-order valence-corrected chi connectivity index (χ1v) is 4.24. The van der Waals surface area contributed by atoms with Gasteiger partial charge in [-0.05, 0) is 0 Å². The predicted octanol–water partition coefficient (Wildman–Crippen LogP) is 2.09. The predicted molar refractivity (Wildman–Crippen MR) is 45.8 cm³/mol. The minimum atomic E-state index is 0.187. The monoisotopic (exact) mass is 155 g/mol. The first-order valence-electron chi connectivity index (χ1n) is 4.24. The molecule has 2 nitrogen and oxygen atoms in total.